The molecule has 0 bridgehead atoms. The predicted octanol–water partition coefficient (Wildman–Crippen LogP) is 0.406. The van der Waals surface area contributed by atoms with Crippen LogP contribution in [0.3, 0.4) is 0 Å². The second kappa shape index (κ2) is 7.05. The van der Waals surface area contributed by atoms with E-state index in [1.807, 2.05) is 0 Å². The number of hydrogen-bond donors (Lipinski definition) is 3. The van der Waals surface area contributed by atoms with E-state index in [1.165, 1.54) is 21.6 Å². The summed E-state index contributed by atoms with van der Waals surface area (Å²) >= 11 is 1.25. The summed E-state index contributed by atoms with van der Waals surface area (Å²) < 4.78 is 0. The number of carboxylic acids is 1. The maximum atomic E-state index is 11.6. The SMILES string of the molecule is CC(O)CN(C)C(=O)NCCc1nc(C(=O)O)cs1. The highest BCUT2D eigenvalue weighted by molar-refractivity contribution is 7.09. The van der Waals surface area contributed by atoms with Crippen LogP contribution >= 0.6 is 11.3 Å². The van der Waals surface area contributed by atoms with Gasteiger partial charge in [-0.2, -0.15) is 0 Å². The standard InChI is InChI=1S/C11H17N3O4S/c1-7(15)5-14(2)11(18)12-4-3-9-13-8(6-19-9)10(16)17/h6-7,15H,3-5H2,1-2H3,(H,12,18)(H,16,17). The number of amides is 2. The van der Waals surface area contributed by atoms with E-state index in [0.717, 1.165) is 0 Å². The molecule has 1 unspecified atom stereocenters. The fourth-order valence-electron chi connectivity index (χ4n) is 1.41. The molecule has 0 saturated carbocycles. The Labute approximate surface area is 114 Å². The fraction of sp³-hybridized carbons (Fsp3) is 0.545. The molecule has 0 aliphatic rings. The monoisotopic (exact) mass is 287 g/mol. The van der Waals surface area contributed by atoms with E-state index in [9.17, 15) is 9.59 Å². The third kappa shape index (κ3) is 5.23. The average Bonchev–Trinajstić information content (AvgIpc) is 2.76. The smallest absolute Gasteiger partial charge is 0.355 e. The Kier molecular flexibility index (Phi) is 5.71. The number of hydrogen-bond acceptors (Lipinski definition) is 5. The lowest BCUT2D eigenvalue weighted by atomic mass is 10.4. The number of likely N-dealkylation sites (N-methyl/N-ethyl adjacent to an activating group) is 1. The molecule has 0 saturated heterocycles. The Balaban J connectivity index is 2.33. The van der Waals surface area contributed by atoms with Crippen molar-refractivity contribution in [2.24, 2.45) is 0 Å². The van der Waals surface area contributed by atoms with E-state index in [2.05, 4.69) is 10.3 Å². The number of aromatic carboxylic acids is 1. The first-order valence-corrected chi connectivity index (χ1v) is 6.63. The summed E-state index contributed by atoms with van der Waals surface area (Å²) in [6.07, 6.45) is -0.0977. The lowest BCUT2D eigenvalue weighted by Gasteiger charge is -2.19. The van der Waals surface area contributed by atoms with Gasteiger partial charge < -0.3 is 20.4 Å². The van der Waals surface area contributed by atoms with E-state index < -0.39 is 12.1 Å². The topological polar surface area (TPSA) is 103 Å². The number of nitrogens with zero attached hydrogens (tertiary/aromatic N) is 2. The number of aromatic nitrogens is 1. The van der Waals surface area contributed by atoms with Crippen LogP contribution in [0.15, 0.2) is 5.38 Å². The number of rotatable bonds is 6. The van der Waals surface area contributed by atoms with Crippen LogP contribution in [0.5, 0.6) is 0 Å². The summed E-state index contributed by atoms with van der Waals surface area (Å²) in [4.78, 5) is 27.5. The van der Waals surface area contributed by atoms with Crippen LogP contribution in [0.25, 0.3) is 0 Å². The van der Waals surface area contributed by atoms with Gasteiger partial charge in [-0.15, -0.1) is 11.3 Å². The molecule has 0 fully saturated rings. The van der Waals surface area contributed by atoms with E-state index in [-0.39, 0.29) is 18.3 Å². The van der Waals surface area contributed by atoms with Crippen molar-refractivity contribution in [2.45, 2.75) is 19.4 Å². The van der Waals surface area contributed by atoms with Gasteiger partial charge in [0.25, 0.3) is 0 Å². The number of urea groups is 1. The van der Waals surface area contributed by atoms with Gasteiger partial charge in [0.1, 0.15) is 0 Å². The molecule has 0 aromatic carbocycles. The summed E-state index contributed by atoms with van der Waals surface area (Å²) in [6, 6.07) is -0.282. The predicted molar refractivity (Wildman–Crippen MR) is 70.5 cm³/mol. The van der Waals surface area contributed by atoms with Crippen molar-refractivity contribution in [3.05, 3.63) is 16.1 Å². The molecule has 1 aromatic rings. The van der Waals surface area contributed by atoms with Gasteiger partial charge in [-0.05, 0) is 6.92 Å². The first kappa shape index (κ1) is 15.4. The second-order valence-corrected chi connectivity index (χ2v) is 5.09. The maximum absolute atomic E-state index is 11.6. The van der Waals surface area contributed by atoms with Gasteiger partial charge in [-0.1, -0.05) is 0 Å². The molecular weight excluding hydrogens is 270 g/mol. The highest BCUT2D eigenvalue weighted by Crippen LogP contribution is 2.09. The number of aliphatic hydroxyl groups excluding tert-OH is 1. The normalized spacial score (nSPS) is 11.9. The van der Waals surface area contributed by atoms with Crippen LogP contribution in [0.4, 0.5) is 4.79 Å². The van der Waals surface area contributed by atoms with Crippen LogP contribution in [-0.2, 0) is 6.42 Å². The zero-order valence-electron chi connectivity index (χ0n) is 10.8. The third-order valence-electron chi connectivity index (χ3n) is 2.27. The van der Waals surface area contributed by atoms with Gasteiger partial charge >= 0.3 is 12.0 Å². The Morgan fingerprint density at radius 2 is 2.26 bits per heavy atom. The molecule has 1 heterocycles. The highest BCUT2D eigenvalue weighted by atomic mass is 32.1. The molecule has 0 aliphatic heterocycles. The number of carboxylic acid groups (broad SMARTS) is 1. The first-order chi connectivity index (χ1) is 8.90. The Bertz CT molecular complexity index is 447. The minimum Gasteiger partial charge on any atom is -0.476 e. The summed E-state index contributed by atoms with van der Waals surface area (Å²) in [7, 11) is 1.59. The quantitative estimate of drug-likeness (QED) is 0.703. The number of nitrogens with one attached hydrogen (secondary N) is 1. The lowest BCUT2D eigenvalue weighted by molar-refractivity contribution is 0.0691. The summed E-state index contributed by atoms with van der Waals surface area (Å²) in [5.41, 5.74) is 0.0255. The average molecular weight is 287 g/mol. The fourth-order valence-corrected chi connectivity index (χ4v) is 2.19. The molecule has 1 aromatic heterocycles. The third-order valence-corrected chi connectivity index (χ3v) is 3.18. The molecule has 1 rings (SSSR count). The summed E-state index contributed by atoms with van der Waals surface area (Å²) in [6.45, 7) is 2.23. The zero-order valence-corrected chi connectivity index (χ0v) is 11.6. The van der Waals surface area contributed by atoms with E-state index >= 15 is 0 Å². The maximum Gasteiger partial charge on any atom is 0.355 e. The van der Waals surface area contributed by atoms with Gasteiger partial charge in [0.05, 0.1) is 11.1 Å². The minimum absolute atomic E-state index is 0.0255. The second-order valence-electron chi connectivity index (χ2n) is 4.14. The molecule has 19 heavy (non-hydrogen) atoms. The molecule has 1 atom stereocenters. The van der Waals surface area contributed by atoms with Crippen molar-refractivity contribution in [1.82, 2.24) is 15.2 Å². The molecule has 0 aliphatic carbocycles. The lowest BCUT2D eigenvalue weighted by Crippen LogP contribution is -2.41. The number of carbonyl (C=O) groups excluding carboxylic acids is 1. The Morgan fingerprint density at radius 3 is 2.79 bits per heavy atom. The van der Waals surface area contributed by atoms with Crippen LogP contribution in [0.1, 0.15) is 22.4 Å². The minimum atomic E-state index is -1.05. The molecular formula is C11H17N3O4S. The van der Waals surface area contributed by atoms with Gasteiger partial charge in [0, 0.05) is 31.9 Å². The molecule has 7 nitrogen and oxygen atoms in total. The number of aliphatic hydroxyl groups is 1. The van der Waals surface area contributed by atoms with Crippen molar-refractivity contribution >= 4 is 23.3 Å². The van der Waals surface area contributed by atoms with Crippen LogP contribution < -0.4 is 5.32 Å². The molecule has 8 heteroatoms. The number of thiazole rings is 1. The van der Waals surface area contributed by atoms with Gasteiger partial charge in [-0.3, -0.25) is 0 Å². The first-order valence-electron chi connectivity index (χ1n) is 5.75. The Morgan fingerprint density at radius 1 is 1.58 bits per heavy atom. The summed E-state index contributed by atoms with van der Waals surface area (Å²) in [5.74, 6) is -1.05. The van der Waals surface area contributed by atoms with Crippen molar-refractivity contribution in [3.63, 3.8) is 0 Å². The van der Waals surface area contributed by atoms with E-state index in [0.29, 0.717) is 18.0 Å². The van der Waals surface area contributed by atoms with Crippen molar-refractivity contribution in [1.29, 1.82) is 0 Å². The van der Waals surface area contributed by atoms with Crippen LogP contribution in [0.2, 0.25) is 0 Å². The molecule has 2 amide bonds. The van der Waals surface area contributed by atoms with Gasteiger partial charge in [0.15, 0.2) is 5.69 Å². The largest absolute Gasteiger partial charge is 0.476 e. The molecule has 0 radical (unpaired) electrons. The van der Waals surface area contributed by atoms with Crippen molar-refractivity contribution < 1.29 is 19.8 Å². The molecule has 106 valence electrons. The van der Waals surface area contributed by atoms with Gasteiger partial charge in [0.2, 0.25) is 0 Å². The van der Waals surface area contributed by atoms with Crippen LogP contribution in [0, 0.1) is 0 Å². The Hall–Kier alpha value is -1.67. The van der Waals surface area contributed by atoms with E-state index in [4.69, 9.17) is 10.2 Å². The number of carbonyl (C=O) groups is 2. The zero-order chi connectivity index (χ0) is 14.4. The van der Waals surface area contributed by atoms with Crippen molar-refractivity contribution in [2.75, 3.05) is 20.1 Å². The van der Waals surface area contributed by atoms with Crippen LogP contribution in [-0.4, -0.2) is 58.3 Å². The van der Waals surface area contributed by atoms with Crippen molar-refractivity contribution in [3.8, 4) is 0 Å². The molecule has 3 N–H and O–H groups in total. The van der Waals surface area contributed by atoms with Gasteiger partial charge in [-0.25, -0.2) is 14.6 Å². The molecule has 0 spiro atoms. The summed E-state index contributed by atoms with van der Waals surface area (Å²) in [5, 5.41) is 22.7. The van der Waals surface area contributed by atoms with E-state index in [1.54, 1.807) is 14.0 Å². The highest BCUT2D eigenvalue weighted by Gasteiger charge is 2.11.